The number of rotatable bonds is 7. The highest BCUT2D eigenvalue weighted by molar-refractivity contribution is 5.83. The van der Waals surface area contributed by atoms with Gasteiger partial charge in [0, 0.05) is 19.6 Å². The van der Waals surface area contributed by atoms with Crippen LogP contribution in [0.25, 0.3) is 10.9 Å². The Kier molecular flexibility index (Phi) is 5.20. The third-order valence-electron chi connectivity index (χ3n) is 4.21. The number of carbonyl (C=O) groups excluding carboxylic acids is 1. The predicted molar refractivity (Wildman–Crippen MR) is 94.0 cm³/mol. The van der Waals surface area contributed by atoms with Crippen LogP contribution in [0.4, 0.5) is 0 Å². The monoisotopic (exact) mass is 369 g/mol. The van der Waals surface area contributed by atoms with Crippen LogP contribution in [-0.4, -0.2) is 45.8 Å². The third-order valence-corrected chi connectivity index (χ3v) is 4.21. The molecule has 9 nitrogen and oxygen atoms in total. The number of nitrogens with zero attached hydrogens (tertiary/aromatic N) is 4. The molecule has 2 aromatic heterocycles. The first kappa shape index (κ1) is 17.3. The van der Waals surface area contributed by atoms with Gasteiger partial charge in [0.1, 0.15) is 12.4 Å². The molecule has 0 aliphatic carbocycles. The van der Waals surface area contributed by atoms with Crippen LogP contribution in [0.3, 0.4) is 0 Å². The van der Waals surface area contributed by atoms with Crippen LogP contribution in [0, 0.1) is 0 Å². The second-order valence-electron chi connectivity index (χ2n) is 6.14. The Hall–Kier alpha value is -3.07. The minimum absolute atomic E-state index is 0.100. The maximum absolute atomic E-state index is 12.0. The summed E-state index contributed by atoms with van der Waals surface area (Å²) in [7, 11) is 0. The second-order valence-corrected chi connectivity index (χ2v) is 6.14. The zero-order valence-electron chi connectivity index (χ0n) is 14.6. The molecule has 4 rings (SSSR count). The van der Waals surface area contributed by atoms with Gasteiger partial charge in [-0.3, -0.25) is 4.79 Å². The van der Waals surface area contributed by atoms with E-state index in [9.17, 15) is 4.79 Å². The zero-order chi connectivity index (χ0) is 18.5. The molecule has 27 heavy (non-hydrogen) atoms. The van der Waals surface area contributed by atoms with Crippen LogP contribution in [0.1, 0.15) is 30.7 Å². The van der Waals surface area contributed by atoms with Gasteiger partial charge in [-0.2, -0.15) is 4.98 Å². The topological polar surface area (TPSA) is 112 Å². The lowest BCUT2D eigenvalue weighted by molar-refractivity contribution is -0.123. The first-order valence-corrected chi connectivity index (χ1v) is 8.83. The summed E-state index contributed by atoms with van der Waals surface area (Å²) in [6.07, 6.45) is 3.68. The smallest absolute Gasteiger partial charge is 0.258 e. The molecule has 0 bridgehead atoms. The van der Waals surface area contributed by atoms with Crippen LogP contribution in [0.2, 0.25) is 0 Å². The Morgan fingerprint density at radius 2 is 2.22 bits per heavy atom. The van der Waals surface area contributed by atoms with Gasteiger partial charge in [0.05, 0.1) is 10.9 Å². The van der Waals surface area contributed by atoms with Crippen molar-refractivity contribution < 1.29 is 18.8 Å². The number of carbonyl (C=O) groups is 1. The summed E-state index contributed by atoms with van der Waals surface area (Å²) in [6.45, 7) is 0.978. The summed E-state index contributed by atoms with van der Waals surface area (Å²) in [4.78, 5) is 24.6. The molecule has 1 aromatic carbocycles. The normalized spacial score (nSPS) is 16.5. The Bertz CT molecular complexity index is 918. The van der Waals surface area contributed by atoms with E-state index in [1.165, 1.54) is 6.33 Å². The molecule has 3 heterocycles. The van der Waals surface area contributed by atoms with Gasteiger partial charge >= 0.3 is 0 Å². The molecule has 1 unspecified atom stereocenters. The lowest BCUT2D eigenvalue weighted by Crippen LogP contribution is -2.30. The molecule has 0 spiro atoms. The van der Waals surface area contributed by atoms with Crippen LogP contribution in [0.15, 0.2) is 35.1 Å². The molecule has 0 saturated carbocycles. The van der Waals surface area contributed by atoms with Crippen LogP contribution >= 0.6 is 0 Å². The number of benzene rings is 1. The predicted octanol–water partition coefficient (Wildman–Crippen LogP) is 1.60. The standard InChI is InChI=1S/C18H19N5O4/c24-16(10-26-17-12-4-1-2-5-13(12)20-11-21-17)19-8-7-15-22-18(27-23-15)14-6-3-9-25-14/h1-2,4-5,11,14H,3,6-10H2,(H,19,24). The van der Waals surface area contributed by atoms with Crippen molar-refractivity contribution in [1.29, 1.82) is 0 Å². The number of hydrogen-bond acceptors (Lipinski definition) is 8. The van der Waals surface area contributed by atoms with Crippen molar-refractivity contribution in [3.05, 3.63) is 42.3 Å². The maximum atomic E-state index is 12.0. The SMILES string of the molecule is O=C(COc1ncnc2ccccc12)NCCc1noc(C2CCCO2)n1. The average molecular weight is 369 g/mol. The number of nitrogens with one attached hydrogen (secondary N) is 1. The molecule has 9 heteroatoms. The molecule has 1 N–H and O–H groups in total. The molecule has 1 atom stereocenters. The first-order valence-electron chi connectivity index (χ1n) is 8.83. The van der Waals surface area contributed by atoms with Gasteiger partial charge in [0.15, 0.2) is 12.4 Å². The molecule has 1 saturated heterocycles. The Labute approximate surface area is 155 Å². The summed E-state index contributed by atoms with van der Waals surface area (Å²) in [5, 5.41) is 7.45. The van der Waals surface area contributed by atoms with Crippen molar-refractivity contribution in [2.45, 2.75) is 25.4 Å². The van der Waals surface area contributed by atoms with Gasteiger partial charge in [-0.15, -0.1) is 0 Å². The molecule has 1 aliphatic rings. The van der Waals surface area contributed by atoms with Crippen LogP contribution in [0.5, 0.6) is 5.88 Å². The van der Waals surface area contributed by atoms with E-state index in [1.54, 1.807) is 0 Å². The molecule has 3 aromatic rings. The van der Waals surface area contributed by atoms with E-state index in [-0.39, 0.29) is 18.6 Å². The van der Waals surface area contributed by atoms with E-state index in [0.717, 1.165) is 30.4 Å². The van der Waals surface area contributed by atoms with Gasteiger partial charge in [0.2, 0.25) is 5.88 Å². The number of ether oxygens (including phenoxy) is 2. The molecule has 0 radical (unpaired) electrons. The molecule has 140 valence electrons. The van der Waals surface area contributed by atoms with Crippen LogP contribution < -0.4 is 10.1 Å². The number of hydrogen-bond donors (Lipinski definition) is 1. The number of amides is 1. The fourth-order valence-corrected chi connectivity index (χ4v) is 2.87. The molecule has 1 aliphatic heterocycles. The summed E-state index contributed by atoms with van der Waals surface area (Å²) >= 11 is 0. The van der Waals surface area contributed by atoms with Gasteiger partial charge in [0.25, 0.3) is 11.8 Å². The zero-order valence-corrected chi connectivity index (χ0v) is 14.6. The minimum atomic E-state index is -0.250. The molecular weight excluding hydrogens is 350 g/mol. The third kappa shape index (κ3) is 4.20. The second kappa shape index (κ2) is 8.09. The van der Waals surface area contributed by atoms with E-state index in [2.05, 4.69) is 25.4 Å². The highest BCUT2D eigenvalue weighted by Crippen LogP contribution is 2.26. The maximum Gasteiger partial charge on any atom is 0.258 e. The van der Waals surface area contributed by atoms with Crippen molar-refractivity contribution in [1.82, 2.24) is 25.4 Å². The van der Waals surface area contributed by atoms with Crippen molar-refractivity contribution in [3.63, 3.8) is 0 Å². The van der Waals surface area contributed by atoms with E-state index in [4.69, 9.17) is 14.0 Å². The molecular formula is C18H19N5O4. The Morgan fingerprint density at radius 3 is 3.11 bits per heavy atom. The van der Waals surface area contributed by atoms with Crippen molar-refractivity contribution in [2.24, 2.45) is 0 Å². The quantitative estimate of drug-likeness (QED) is 0.668. The fourth-order valence-electron chi connectivity index (χ4n) is 2.87. The summed E-state index contributed by atoms with van der Waals surface area (Å²) < 4.78 is 16.2. The average Bonchev–Trinajstić information content (AvgIpc) is 3.38. The first-order chi connectivity index (χ1) is 13.3. The lowest BCUT2D eigenvalue weighted by atomic mass is 10.2. The van der Waals surface area contributed by atoms with Crippen molar-refractivity contribution >= 4 is 16.8 Å². The van der Waals surface area contributed by atoms with Crippen LogP contribution in [-0.2, 0) is 16.0 Å². The molecule has 1 amide bonds. The van der Waals surface area contributed by atoms with Gasteiger partial charge in [-0.1, -0.05) is 17.3 Å². The van der Waals surface area contributed by atoms with E-state index >= 15 is 0 Å². The van der Waals surface area contributed by atoms with Gasteiger partial charge in [-0.25, -0.2) is 9.97 Å². The van der Waals surface area contributed by atoms with Gasteiger partial charge in [-0.05, 0) is 25.0 Å². The largest absolute Gasteiger partial charge is 0.467 e. The van der Waals surface area contributed by atoms with E-state index in [0.29, 0.717) is 30.6 Å². The highest BCUT2D eigenvalue weighted by Gasteiger charge is 2.23. The summed E-state index contributed by atoms with van der Waals surface area (Å²) in [6, 6.07) is 7.46. The van der Waals surface area contributed by atoms with Crippen molar-refractivity contribution in [3.8, 4) is 5.88 Å². The summed E-state index contributed by atoms with van der Waals surface area (Å²) in [5.74, 6) is 1.19. The van der Waals surface area contributed by atoms with E-state index < -0.39 is 0 Å². The summed E-state index contributed by atoms with van der Waals surface area (Å²) in [5.41, 5.74) is 0.766. The lowest BCUT2D eigenvalue weighted by Gasteiger charge is -2.07. The Morgan fingerprint density at radius 1 is 1.30 bits per heavy atom. The van der Waals surface area contributed by atoms with Gasteiger partial charge < -0.3 is 19.3 Å². The molecule has 1 fully saturated rings. The number of fused-ring (bicyclic) bond motifs is 1. The van der Waals surface area contributed by atoms with E-state index in [1.807, 2.05) is 24.3 Å². The number of para-hydroxylation sites is 1. The minimum Gasteiger partial charge on any atom is -0.467 e. The van der Waals surface area contributed by atoms with Crippen molar-refractivity contribution in [2.75, 3.05) is 19.8 Å². The number of aromatic nitrogens is 4. The Balaban J connectivity index is 1.24. The fraction of sp³-hybridized carbons (Fsp3) is 0.389. The highest BCUT2D eigenvalue weighted by atomic mass is 16.5.